The fourth-order valence-corrected chi connectivity index (χ4v) is 3.84. The van der Waals surface area contributed by atoms with Crippen LogP contribution in [0.1, 0.15) is 103 Å². The molecule has 0 aliphatic carbocycles. The Morgan fingerprint density at radius 2 is 1.27 bits per heavy atom. The van der Waals surface area contributed by atoms with Gasteiger partial charge >= 0.3 is 0 Å². The Kier molecular flexibility index (Phi) is 17.7. The van der Waals surface area contributed by atoms with Crippen molar-refractivity contribution in [2.24, 2.45) is 0 Å². The molecule has 1 aliphatic rings. The van der Waals surface area contributed by atoms with Gasteiger partial charge in [0.1, 0.15) is 24.4 Å². The van der Waals surface area contributed by atoms with E-state index in [9.17, 15) is 15.3 Å². The minimum absolute atomic E-state index is 0.0379. The third kappa shape index (κ3) is 13.8. The van der Waals surface area contributed by atoms with E-state index in [1.54, 1.807) is 0 Å². The number of rotatable bonds is 19. The van der Waals surface area contributed by atoms with Gasteiger partial charge in [0.15, 0.2) is 0 Å². The van der Waals surface area contributed by atoms with Crippen molar-refractivity contribution >= 4 is 0 Å². The van der Waals surface area contributed by atoms with Gasteiger partial charge in [-0.2, -0.15) is 0 Å². The lowest BCUT2D eigenvalue weighted by molar-refractivity contribution is -0.199. The fraction of sp³-hybridized carbons (Fsp3) is 0.920. The first-order chi connectivity index (χ1) is 14.7. The highest BCUT2D eigenvalue weighted by molar-refractivity contribution is 4.86. The first-order valence-electron chi connectivity index (χ1n) is 12.5. The van der Waals surface area contributed by atoms with E-state index in [-0.39, 0.29) is 13.2 Å². The van der Waals surface area contributed by atoms with Crippen LogP contribution < -0.4 is 0 Å². The van der Waals surface area contributed by atoms with Gasteiger partial charge in [-0.15, -0.1) is 0 Å². The van der Waals surface area contributed by atoms with Gasteiger partial charge in [0.05, 0.1) is 13.2 Å². The maximum Gasteiger partial charge on any atom is 0.111 e. The zero-order valence-corrected chi connectivity index (χ0v) is 19.4. The van der Waals surface area contributed by atoms with Crippen LogP contribution in [0, 0.1) is 0 Å². The second-order valence-corrected chi connectivity index (χ2v) is 8.79. The summed E-state index contributed by atoms with van der Waals surface area (Å²) in [6.07, 6.45) is 20.4. The summed E-state index contributed by atoms with van der Waals surface area (Å²) < 4.78 is 10.9. The molecule has 5 nitrogen and oxygen atoms in total. The smallest absolute Gasteiger partial charge is 0.111 e. The zero-order valence-electron chi connectivity index (χ0n) is 19.4. The average molecular weight is 429 g/mol. The molecule has 1 fully saturated rings. The molecule has 178 valence electrons. The van der Waals surface area contributed by atoms with E-state index >= 15 is 0 Å². The van der Waals surface area contributed by atoms with Crippen molar-refractivity contribution in [2.45, 2.75) is 128 Å². The molecule has 30 heavy (non-hydrogen) atoms. The maximum absolute atomic E-state index is 9.84. The van der Waals surface area contributed by atoms with Crippen LogP contribution >= 0.6 is 0 Å². The van der Waals surface area contributed by atoms with Gasteiger partial charge < -0.3 is 24.8 Å². The van der Waals surface area contributed by atoms with Gasteiger partial charge in [-0.25, -0.2) is 0 Å². The third-order valence-corrected chi connectivity index (χ3v) is 5.94. The zero-order chi connectivity index (χ0) is 21.9. The standard InChI is InChI=1S/C25H48O5/c1-2-3-4-5-6-7-8-9-10-11-12-13-14-15-16-17-18-19-29-21-23-25(28)24(27)22(26)20-30-23/h14-15,22-28H,2-13,16-21H2,1H3/b15-14+/t22-,23+,24+,25+/m1/s1. The van der Waals surface area contributed by atoms with Crippen LogP contribution in [0.15, 0.2) is 12.2 Å². The Morgan fingerprint density at radius 3 is 1.87 bits per heavy atom. The van der Waals surface area contributed by atoms with Gasteiger partial charge in [-0.05, 0) is 32.1 Å². The fourth-order valence-electron chi connectivity index (χ4n) is 3.84. The van der Waals surface area contributed by atoms with Crippen LogP contribution in [-0.2, 0) is 9.47 Å². The molecule has 0 aromatic carbocycles. The molecule has 0 aromatic heterocycles. The number of hydrogen-bond donors (Lipinski definition) is 3. The molecule has 0 aromatic rings. The normalized spacial score (nSPS) is 24.7. The molecule has 1 rings (SSSR count). The minimum atomic E-state index is -1.15. The van der Waals surface area contributed by atoms with E-state index in [4.69, 9.17) is 9.47 Å². The molecule has 0 saturated carbocycles. The number of ether oxygens (including phenoxy) is 2. The predicted octanol–water partition coefficient (Wildman–Crippen LogP) is 4.91. The Hall–Kier alpha value is -0.460. The highest BCUT2D eigenvalue weighted by Crippen LogP contribution is 2.16. The van der Waals surface area contributed by atoms with Crippen molar-refractivity contribution in [2.75, 3.05) is 19.8 Å². The van der Waals surface area contributed by atoms with Crippen LogP contribution in [0.25, 0.3) is 0 Å². The molecule has 4 atom stereocenters. The topological polar surface area (TPSA) is 79.2 Å². The molecule has 1 heterocycles. The molecule has 5 heteroatoms. The van der Waals surface area contributed by atoms with E-state index in [1.165, 1.54) is 77.0 Å². The maximum atomic E-state index is 9.84. The van der Waals surface area contributed by atoms with Crippen LogP contribution in [0.3, 0.4) is 0 Å². The molecular formula is C25H48O5. The molecule has 0 radical (unpaired) electrons. The van der Waals surface area contributed by atoms with Crippen LogP contribution in [0.4, 0.5) is 0 Å². The van der Waals surface area contributed by atoms with Gasteiger partial charge in [0, 0.05) is 6.61 Å². The predicted molar refractivity (Wildman–Crippen MR) is 123 cm³/mol. The number of unbranched alkanes of at least 4 members (excludes halogenated alkanes) is 13. The first-order valence-corrected chi connectivity index (χ1v) is 12.5. The van der Waals surface area contributed by atoms with E-state index in [2.05, 4.69) is 19.1 Å². The summed E-state index contributed by atoms with van der Waals surface area (Å²) in [7, 11) is 0. The summed E-state index contributed by atoms with van der Waals surface area (Å²) in [5, 5.41) is 28.9. The van der Waals surface area contributed by atoms with E-state index in [0.29, 0.717) is 6.61 Å². The van der Waals surface area contributed by atoms with Gasteiger partial charge in [0.2, 0.25) is 0 Å². The van der Waals surface area contributed by atoms with Gasteiger partial charge in [-0.3, -0.25) is 0 Å². The lowest BCUT2D eigenvalue weighted by Crippen LogP contribution is -2.54. The van der Waals surface area contributed by atoms with Crippen molar-refractivity contribution in [3.05, 3.63) is 12.2 Å². The highest BCUT2D eigenvalue weighted by Gasteiger charge is 2.37. The number of aliphatic hydroxyl groups excluding tert-OH is 3. The largest absolute Gasteiger partial charge is 0.388 e. The number of aliphatic hydroxyl groups is 3. The lowest BCUT2D eigenvalue weighted by Gasteiger charge is -2.35. The van der Waals surface area contributed by atoms with E-state index < -0.39 is 24.4 Å². The second kappa shape index (κ2) is 19.2. The van der Waals surface area contributed by atoms with Gasteiger partial charge in [0.25, 0.3) is 0 Å². The summed E-state index contributed by atoms with van der Waals surface area (Å²) in [5.41, 5.74) is 0. The van der Waals surface area contributed by atoms with Gasteiger partial charge in [-0.1, -0.05) is 83.3 Å². The molecule has 0 bridgehead atoms. The highest BCUT2D eigenvalue weighted by atomic mass is 16.6. The summed E-state index contributed by atoms with van der Waals surface area (Å²) in [5.74, 6) is 0. The lowest BCUT2D eigenvalue weighted by atomic mass is 10.0. The minimum Gasteiger partial charge on any atom is -0.388 e. The molecule has 0 amide bonds. The molecule has 3 N–H and O–H groups in total. The van der Waals surface area contributed by atoms with Crippen molar-refractivity contribution in [3.63, 3.8) is 0 Å². The van der Waals surface area contributed by atoms with Crippen LogP contribution in [-0.4, -0.2) is 59.6 Å². The molecule has 0 spiro atoms. The van der Waals surface area contributed by atoms with Crippen molar-refractivity contribution in [3.8, 4) is 0 Å². The van der Waals surface area contributed by atoms with Crippen molar-refractivity contribution in [1.82, 2.24) is 0 Å². The number of hydrogen-bond acceptors (Lipinski definition) is 5. The quantitative estimate of drug-likeness (QED) is 0.201. The molecule has 1 saturated heterocycles. The molecule has 1 aliphatic heterocycles. The SMILES string of the molecule is CCCCCCCCCCCCC/C=C/CCCCOC[C@@H]1OC[C@@H](O)[C@H](O)[C@H]1O. The summed E-state index contributed by atoms with van der Waals surface area (Å²) in [6.45, 7) is 3.18. The number of allylic oxidation sites excluding steroid dienone is 2. The van der Waals surface area contributed by atoms with E-state index in [0.717, 1.165) is 19.3 Å². The Labute approximate surface area is 184 Å². The van der Waals surface area contributed by atoms with Crippen molar-refractivity contribution in [1.29, 1.82) is 0 Å². The summed E-state index contributed by atoms with van der Waals surface area (Å²) >= 11 is 0. The third-order valence-electron chi connectivity index (χ3n) is 5.94. The molecular weight excluding hydrogens is 380 g/mol. The average Bonchev–Trinajstić information content (AvgIpc) is 2.75. The monoisotopic (exact) mass is 428 g/mol. The van der Waals surface area contributed by atoms with E-state index in [1.807, 2.05) is 0 Å². The second-order valence-electron chi connectivity index (χ2n) is 8.79. The first kappa shape index (κ1) is 27.6. The van der Waals surface area contributed by atoms with Crippen LogP contribution in [0.5, 0.6) is 0 Å². The van der Waals surface area contributed by atoms with Crippen LogP contribution in [0.2, 0.25) is 0 Å². The summed E-state index contributed by atoms with van der Waals surface area (Å²) in [4.78, 5) is 0. The van der Waals surface area contributed by atoms with Crippen molar-refractivity contribution < 1.29 is 24.8 Å². The summed E-state index contributed by atoms with van der Waals surface area (Å²) in [6, 6.07) is 0. The Balaban J connectivity index is 1.79. The Bertz CT molecular complexity index is 401. The Morgan fingerprint density at radius 1 is 0.733 bits per heavy atom. The molecule has 0 unspecified atom stereocenters.